The fourth-order valence-corrected chi connectivity index (χ4v) is 1.08. The normalized spacial score (nSPS) is 9.86. The number of unbranched alkanes of at least 4 members (excludes halogenated alkanes) is 4. The highest BCUT2D eigenvalue weighted by molar-refractivity contribution is 4.42. The van der Waals surface area contributed by atoms with Gasteiger partial charge in [-0.05, 0) is 31.8 Å². The molecule has 0 saturated carbocycles. The van der Waals surface area contributed by atoms with Crippen LogP contribution >= 0.6 is 0 Å². The third kappa shape index (κ3) is 22.7. The summed E-state index contributed by atoms with van der Waals surface area (Å²) in [6.07, 6.45) is 7.75. The third-order valence-electron chi connectivity index (χ3n) is 2.05. The molecule has 0 fully saturated rings. The van der Waals surface area contributed by atoms with Crippen molar-refractivity contribution in [2.75, 3.05) is 13.1 Å². The van der Waals surface area contributed by atoms with Gasteiger partial charge in [0.05, 0.1) is 0 Å². The summed E-state index contributed by atoms with van der Waals surface area (Å²) in [7, 11) is 0. The zero-order valence-corrected chi connectivity index (χ0v) is 10.4. The van der Waals surface area contributed by atoms with E-state index in [9.17, 15) is 0 Å². The van der Waals surface area contributed by atoms with Gasteiger partial charge in [0.1, 0.15) is 0 Å². The molecule has 0 unspecified atom stereocenters. The Morgan fingerprint density at radius 2 is 1.43 bits per heavy atom. The molecule has 0 heterocycles. The lowest BCUT2D eigenvalue weighted by Crippen LogP contribution is -2.01. The fourth-order valence-electron chi connectivity index (χ4n) is 1.08. The van der Waals surface area contributed by atoms with Crippen LogP contribution in [0.1, 0.15) is 59.3 Å². The van der Waals surface area contributed by atoms with E-state index in [0.29, 0.717) is 0 Å². The Labute approximate surface area is 90.4 Å². The summed E-state index contributed by atoms with van der Waals surface area (Å²) >= 11 is 0. The van der Waals surface area contributed by atoms with Crippen LogP contribution in [0.15, 0.2) is 0 Å². The fraction of sp³-hybridized carbons (Fsp3) is 1.00. The molecule has 14 heavy (non-hydrogen) atoms. The standard InChI is InChI=1S/C7H17N.C5H13N/c1-2-3-4-5-6-7-8;1-5(2)3-4-6/h2-8H2,1H3;5H,3-4,6H2,1-2H3. The Kier molecular flexibility index (Phi) is 18.0. The van der Waals surface area contributed by atoms with Crippen molar-refractivity contribution >= 4 is 0 Å². The van der Waals surface area contributed by atoms with Gasteiger partial charge in [-0.3, -0.25) is 0 Å². The van der Waals surface area contributed by atoms with Crippen LogP contribution in [0.3, 0.4) is 0 Å². The van der Waals surface area contributed by atoms with Crippen LogP contribution < -0.4 is 11.5 Å². The van der Waals surface area contributed by atoms with Crippen molar-refractivity contribution in [2.24, 2.45) is 17.4 Å². The first kappa shape index (κ1) is 16.4. The lowest BCUT2D eigenvalue weighted by atomic mass is 10.1. The predicted octanol–water partition coefficient (Wildman–Crippen LogP) is 2.91. The van der Waals surface area contributed by atoms with E-state index < -0.39 is 0 Å². The molecule has 2 nitrogen and oxygen atoms in total. The van der Waals surface area contributed by atoms with Gasteiger partial charge in [-0.2, -0.15) is 0 Å². The van der Waals surface area contributed by atoms with Crippen LogP contribution in [0, 0.1) is 5.92 Å². The number of nitrogens with two attached hydrogens (primary N) is 2. The first-order chi connectivity index (χ1) is 6.68. The van der Waals surface area contributed by atoms with Gasteiger partial charge in [0.25, 0.3) is 0 Å². The highest BCUT2D eigenvalue weighted by Gasteiger charge is 1.85. The average molecular weight is 202 g/mol. The summed E-state index contributed by atoms with van der Waals surface area (Å²) in [6.45, 7) is 8.27. The highest BCUT2D eigenvalue weighted by Crippen LogP contribution is 2.00. The summed E-state index contributed by atoms with van der Waals surface area (Å²) in [6, 6.07) is 0. The molecule has 0 saturated heterocycles. The molecule has 0 aromatic heterocycles. The minimum atomic E-state index is 0.773. The molecule has 0 aromatic carbocycles. The summed E-state index contributed by atoms with van der Waals surface area (Å²) in [5, 5.41) is 0. The van der Waals surface area contributed by atoms with Gasteiger partial charge in [0, 0.05) is 0 Å². The zero-order chi connectivity index (χ0) is 11.2. The lowest BCUT2D eigenvalue weighted by Gasteiger charge is -1.96. The maximum absolute atomic E-state index is 5.31. The highest BCUT2D eigenvalue weighted by atomic mass is 14.5. The minimum Gasteiger partial charge on any atom is -0.330 e. The predicted molar refractivity (Wildman–Crippen MR) is 66.3 cm³/mol. The van der Waals surface area contributed by atoms with E-state index in [4.69, 9.17) is 11.5 Å². The molecule has 0 aliphatic rings. The van der Waals surface area contributed by atoms with Crippen molar-refractivity contribution in [3.05, 3.63) is 0 Å². The summed E-state index contributed by atoms with van der Waals surface area (Å²) in [5.41, 5.74) is 10.5. The molecule has 2 heteroatoms. The number of rotatable bonds is 7. The molecule has 0 aromatic rings. The minimum absolute atomic E-state index is 0.773. The van der Waals surface area contributed by atoms with E-state index in [1.54, 1.807) is 0 Å². The first-order valence-electron chi connectivity index (χ1n) is 6.09. The van der Waals surface area contributed by atoms with Gasteiger partial charge in [0.2, 0.25) is 0 Å². The Balaban J connectivity index is 0. The second-order valence-electron chi connectivity index (χ2n) is 4.17. The van der Waals surface area contributed by atoms with Crippen molar-refractivity contribution in [1.29, 1.82) is 0 Å². The van der Waals surface area contributed by atoms with Gasteiger partial charge >= 0.3 is 0 Å². The second-order valence-corrected chi connectivity index (χ2v) is 4.17. The summed E-state index contributed by atoms with van der Waals surface area (Å²) < 4.78 is 0. The lowest BCUT2D eigenvalue weighted by molar-refractivity contribution is 0.596. The van der Waals surface area contributed by atoms with Crippen LogP contribution in [0.5, 0.6) is 0 Å². The molecule has 0 radical (unpaired) electrons. The molecular formula is C12H30N2. The van der Waals surface area contributed by atoms with E-state index in [1.165, 1.54) is 32.1 Å². The summed E-state index contributed by atoms with van der Waals surface area (Å²) in [4.78, 5) is 0. The van der Waals surface area contributed by atoms with Crippen LogP contribution in [-0.2, 0) is 0 Å². The number of hydrogen-bond acceptors (Lipinski definition) is 2. The van der Waals surface area contributed by atoms with Crippen molar-refractivity contribution in [3.63, 3.8) is 0 Å². The number of hydrogen-bond donors (Lipinski definition) is 2. The topological polar surface area (TPSA) is 52.0 Å². The molecule has 4 N–H and O–H groups in total. The second kappa shape index (κ2) is 15.4. The molecular weight excluding hydrogens is 172 g/mol. The maximum atomic E-state index is 5.31. The van der Waals surface area contributed by atoms with Crippen LogP contribution in [-0.4, -0.2) is 13.1 Å². The summed E-state index contributed by atoms with van der Waals surface area (Å²) in [5.74, 6) is 0.773. The Hall–Kier alpha value is -0.0800. The van der Waals surface area contributed by atoms with Crippen molar-refractivity contribution in [2.45, 2.75) is 59.3 Å². The monoisotopic (exact) mass is 202 g/mol. The molecule has 0 aliphatic carbocycles. The molecule has 0 amide bonds. The van der Waals surface area contributed by atoms with Crippen molar-refractivity contribution < 1.29 is 0 Å². The van der Waals surface area contributed by atoms with E-state index in [1.807, 2.05) is 0 Å². The van der Waals surface area contributed by atoms with Gasteiger partial charge in [-0.1, -0.05) is 46.5 Å². The van der Waals surface area contributed by atoms with Crippen LogP contribution in [0.25, 0.3) is 0 Å². The smallest absolute Gasteiger partial charge is 0.00748 e. The van der Waals surface area contributed by atoms with Crippen molar-refractivity contribution in [1.82, 2.24) is 0 Å². The SMILES string of the molecule is CC(C)CCN.CCCCCCCN. The Morgan fingerprint density at radius 1 is 0.857 bits per heavy atom. The molecule has 0 aliphatic heterocycles. The molecule has 0 rings (SSSR count). The molecule has 0 bridgehead atoms. The Bertz CT molecular complexity index is 76.4. The molecule has 88 valence electrons. The maximum Gasteiger partial charge on any atom is -0.00748 e. The van der Waals surface area contributed by atoms with Gasteiger partial charge in [0.15, 0.2) is 0 Å². The van der Waals surface area contributed by atoms with Crippen LogP contribution in [0.2, 0.25) is 0 Å². The van der Waals surface area contributed by atoms with E-state index in [-0.39, 0.29) is 0 Å². The third-order valence-corrected chi connectivity index (χ3v) is 2.05. The van der Waals surface area contributed by atoms with Gasteiger partial charge < -0.3 is 11.5 Å². The largest absolute Gasteiger partial charge is 0.330 e. The van der Waals surface area contributed by atoms with E-state index in [0.717, 1.165) is 25.4 Å². The van der Waals surface area contributed by atoms with Crippen LogP contribution in [0.4, 0.5) is 0 Å². The van der Waals surface area contributed by atoms with Crippen molar-refractivity contribution in [3.8, 4) is 0 Å². The van der Waals surface area contributed by atoms with E-state index >= 15 is 0 Å². The molecule has 0 atom stereocenters. The molecule has 0 spiro atoms. The zero-order valence-electron chi connectivity index (χ0n) is 10.4. The quantitative estimate of drug-likeness (QED) is 0.624. The van der Waals surface area contributed by atoms with Gasteiger partial charge in [-0.25, -0.2) is 0 Å². The van der Waals surface area contributed by atoms with E-state index in [2.05, 4.69) is 20.8 Å². The van der Waals surface area contributed by atoms with Gasteiger partial charge in [-0.15, -0.1) is 0 Å². The first-order valence-corrected chi connectivity index (χ1v) is 6.09. The Morgan fingerprint density at radius 3 is 1.71 bits per heavy atom. The average Bonchev–Trinajstić information content (AvgIpc) is 2.13.